The Balaban J connectivity index is 2.31. The van der Waals surface area contributed by atoms with E-state index in [1.807, 2.05) is 25.1 Å². The van der Waals surface area contributed by atoms with Gasteiger partial charge in [0.25, 0.3) is 5.91 Å². The highest BCUT2D eigenvalue weighted by atomic mass is 79.9. The fraction of sp³-hybridized carbons (Fsp3) is 0.0714. The quantitative estimate of drug-likeness (QED) is 0.780. The van der Waals surface area contributed by atoms with Crippen LogP contribution in [0, 0.1) is 12.7 Å². The molecule has 0 saturated carbocycles. The van der Waals surface area contributed by atoms with Gasteiger partial charge in [-0.1, -0.05) is 12.1 Å². The molecule has 19 heavy (non-hydrogen) atoms. The number of carbonyl (C=O) groups is 1. The number of hydrogen-bond acceptors (Lipinski definition) is 1. The van der Waals surface area contributed by atoms with E-state index in [1.165, 1.54) is 6.07 Å². The van der Waals surface area contributed by atoms with Crippen LogP contribution in [-0.2, 0) is 0 Å². The summed E-state index contributed by atoms with van der Waals surface area (Å²) in [6, 6.07) is 10.2. The third-order valence-corrected chi connectivity index (χ3v) is 3.87. The van der Waals surface area contributed by atoms with Gasteiger partial charge in [-0.05, 0) is 68.6 Å². The lowest BCUT2D eigenvalue weighted by atomic mass is 10.2. The average Bonchev–Trinajstić information content (AvgIpc) is 2.37. The van der Waals surface area contributed by atoms with Crippen molar-refractivity contribution >= 4 is 43.5 Å². The van der Waals surface area contributed by atoms with Crippen LogP contribution in [0.15, 0.2) is 45.3 Å². The van der Waals surface area contributed by atoms with Gasteiger partial charge in [0.2, 0.25) is 0 Å². The van der Waals surface area contributed by atoms with E-state index >= 15 is 0 Å². The Labute approximate surface area is 127 Å². The van der Waals surface area contributed by atoms with Crippen molar-refractivity contribution in [2.45, 2.75) is 6.92 Å². The molecule has 1 N–H and O–H groups in total. The zero-order chi connectivity index (χ0) is 14.0. The van der Waals surface area contributed by atoms with Crippen molar-refractivity contribution in [3.05, 3.63) is 62.3 Å². The molecule has 0 aliphatic carbocycles. The molecule has 1 amide bonds. The Morgan fingerprint density at radius 2 is 1.89 bits per heavy atom. The molecular formula is C14H10Br2FNO. The SMILES string of the molecule is Cc1ccc(Br)c(NC(=O)c2cccc(Br)c2F)c1. The van der Waals surface area contributed by atoms with E-state index in [1.54, 1.807) is 12.1 Å². The van der Waals surface area contributed by atoms with Gasteiger partial charge in [0.1, 0.15) is 5.82 Å². The van der Waals surface area contributed by atoms with Crippen molar-refractivity contribution in [1.29, 1.82) is 0 Å². The Bertz CT molecular complexity index is 643. The maximum atomic E-state index is 13.8. The molecule has 0 aliphatic rings. The van der Waals surface area contributed by atoms with Crippen molar-refractivity contribution in [3.63, 3.8) is 0 Å². The van der Waals surface area contributed by atoms with Crippen molar-refractivity contribution in [3.8, 4) is 0 Å². The number of carbonyl (C=O) groups excluding carboxylic acids is 1. The number of rotatable bonds is 2. The zero-order valence-corrected chi connectivity index (χ0v) is 13.2. The number of aryl methyl sites for hydroxylation is 1. The van der Waals surface area contributed by atoms with Crippen LogP contribution in [0.1, 0.15) is 15.9 Å². The molecule has 2 aromatic carbocycles. The minimum absolute atomic E-state index is 0.00258. The largest absolute Gasteiger partial charge is 0.321 e. The molecule has 2 aromatic rings. The van der Waals surface area contributed by atoms with Gasteiger partial charge in [0.05, 0.1) is 15.7 Å². The standard InChI is InChI=1S/C14H10Br2FNO/c1-8-5-6-10(15)12(7-8)18-14(19)9-3-2-4-11(16)13(9)17/h2-7H,1H3,(H,18,19). The smallest absolute Gasteiger partial charge is 0.258 e. The van der Waals surface area contributed by atoms with Crippen LogP contribution in [-0.4, -0.2) is 5.91 Å². The molecule has 0 unspecified atom stereocenters. The molecule has 0 fully saturated rings. The first kappa shape index (κ1) is 14.2. The molecule has 5 heteroatoms. The third-order valence-electron chi connectivity index (χ3n) is 2.57. The van der Waals surface area contributed by atoms with Gasteiger partial charge in [-0.15, -0.1) is 0 Å². The second-order valence-electron chi connectivity index (χ2n) is 4.04. The van der Waals surface area contributed by atoms with Gasteiger partial charge in [-0.2, -0.15) is 0 Å². The summed E-state index contributed by atoms with van der Waals surface area (Å²) in [6.45, 7) is 1.92. The first-order valence-electron chi connectivity index (χ1n) is 5.50. The summed E-state index contributed by atoms with van der Waals surface area (Å²) < 4.78 is 14.8. The summed E-state index contributed by atoms with van der Waals surface area (Å²) in [6.07, 6.45) is 0. The van der Waals surface area contributed by atoms with Gasteiger partial charge in [0, 0.05) is 4.47 Å². The second-order valence-corrected chi connectivity index (χ2v) is 5.75. The monoisotopic (exact) mass is 385 g/mol. The molecule has 0 bridgehead atoms. The van der Waals surface area contributed by atoms with Crippen LogP contribution in [0.5, 0.6) is 0 Å². The van der Waals surface area contributed by atoms with Crippen LogP contribution in [0.2, 0.25) is 0 Å². The first-order chi connectivity index (χ1) is 8.99. The van der Waals surface area contributed by atoms with E-state index in [0.717, 1.165) is 10.0 Å². The maximum Gasteiger partial charge on any atom is 0.258 e. The summed E-state index contributed by atoms with van der Waals surface area (Å²) in [5.74, 6) is -1.05. The maximum absolute atomic E-state index is 13.8. The van der Waals surface area contributed by atoms with Gasteiger partial charge >= 0.3 is 0 Å². The molecule has 2 rings (SSSR count). The van der Waals surface area contributed by atoms with Crippen LogP contribution in [0.25, 0.3) is 0 Å². The summed E-state index contributed by atoms with van der Waals surface area (Å²) >= 11 is 6.41. The highest BCUT2D eigenvalue weighted by Crippen LogP contribution is 2.25. The molecule has 0 aliphatic heterocycles. The Morgan fingerprint density at radius 3 is 2.63 bits per heavy atom. The fourth-order valence-electron chi connectivity index (χ4n) is 1.60. The summed E-state index contributed by atoms with van der Waals surface area (Å²) in [7, 11) is 0. The van der Waals surface area contributed by atoms with Crippen LogP contribution >= 0.6 is 31.9 Å². The van der Waals surface area contributed by atoms with Gasteiger partial charge in [-0.3, -0.25) is 4.79 Å². The van der Waals surface area contributed by atoms with E-state index in [4.69, 9.17) is 0 Å². The normalized spacial score (nSPS) is 10.3. The Hall–Kier alpha value is -1.20. The number of hydrogen-bond donors (Lipinski definition) is 1. The van der Waals surface area contributed by atoms with Crippen LogP contribution in [0.3, 0.4) is 0 Å². The van der Waals surface area contributed by atoms with Crippen molar-refractivity contribution in [1.82, 2.24) is 0 Å². The predicted molar refractivity (Wildman–Crippen MR) is 80.9 cm³/mol. The highest BCUT2D eigenvalue weighted by molar-refractivity contribution is 9.10. The molecule has 0 heterocycles. The minimum atomic E-state index is -0.566. The minimum Gasteiger partial charge on any atom is -0.321 e. The Morgan fingerprint density at radius 1 is 1.16 bits per heavy atom. The molecule has 0 radical (unpaired) electrons. The lowest BCUT2D eigenvalue weighted by Gasteiger charge is -2.09. The molecule has 0 aromatic heterocycles. The fourth-order valence-corrected chi connectivity index (χ4v) is 2.32. The topological polar surface area (TPSA) is 29.1 Å². The van der Waals surface area contributed by atoms with E-state index < -0.39 is 11.7 Å². The number of halogens is 3. The molecule has 0 spiro atoms. The molecule has 0 atom stereocenters. The molecular weight excluding hydrogens is 377 g/mol. The number of nitrogens with one attached hydrogen (secondary N) is 1. The van der Waals surface area contributed by atoms with E-state index in [9.17, 15) is 9.18 Å². The summed E-state index contributed by atoms with van der Waals surface area (Å²) in [5, 5.41) is 2.69. The summed E-state index contributed by atoms with van der Waals surface area (Å²) in [4.78, 5) is 12.1. The van der Waals surface area contributed by atoms with Crippen molar-refractivity contribution < 1.29 is 9.18 Å². The zero-order valence-electron chi connectivity index (χ0n) is 10.0. The van der Waals surface area contributed by atoms with E-state index in [0.29, 0.717) is 5.69 Å². The lowest BCUT2D eigenvalue weighted by molar-refractivity contribution is 0.102. The predicted octanol–water partition coefficient (Wildman–Crippen LogP) is 4.91. The second kappa shape index (κ2) is 5.84. The molecule has 98 valence electrons. The number of anilines is 1. The van der Waals surface area contributed by atoms with E-state index in [-0.39, 0.29) is 10.0 Å². The van der Waals surface area contributed by atoms with Crippen LogP contribution < -0.4 is 5.32 Å². The van der Waals surface area contributed by atoms with Crippen LogP contribution in [0.4, 0.5) is 10.1 Å². The Kier molecular flexibility index (Phi) is 4.37. The third kappa shape index (κ3) is 3.22. The average molecular weight is 387 g/mol. The van der Waals surface area contributed by atoms with Gasteiger partial charge in [0.15, 0.2) is 0 Å². The number of benzene rings is 2. The lowest BCUT2D eigenvalue weighted by Crippen LogP contribution is -2.14. The van der Waals surface area contributed by atoms with Gasteiger partial charge < -0.3 is 5.32 Å². The van der Waals surface area contributed by atoms with E-state index in [2.05, 4.69) is 37.2 Å². The highest BCUT2D eigenvalue weighted by Gasteiger charge is 2.14. The molecule has 0 saturated heterocycles. The van der Waals surface area contributed by atoms with Crippen molar-refractivity contribution in [2.75, 3.05) is 5.32 Å². The van der Waals surface area contributed by atoms with Gasteiger partial charge in [-0.25, -0.2) is 4.39 Å². The summed E-state index contributed by atoms with van der Waals surface area (Å²) in [5.41, 5.74) is 1.63. The number of amides is 1. The molecule has 2 nitrogen and oxygen atoms in total. The van der Waals surface area contributed by atoms with Crippen molar-refractivity contribution in [2.24, 2.45) is 0 Å². The first-order valence-corrected chi connectivity index (χ1v) is 7.09.